The topological polar surface area (TPSA) is 56.9 Å². The highest BCUT2D eigenvalue weighted by molar-refractivity contribution is 6.03. The number of fused-ring (bicyclic) bond motifs is 3. The Labute approximate surface area is 163 Å². The third kappa shape index (κ3) is 3.30. The Morgan fingerprint density at radius 3 is 2.69 bits per heavy atom. The minimum absolute atomic E-state index is 0.0145. The third-order valence-electron chi connectivity index (χ3n) is 4.95. The monoisotopic (exact) mass is 399 g/mol. The van der Waals surface area contributed by atoms with E-state index in [0.29, 0.717) is 21.8 Å². The maximum Gasteiger partial charge on any atom is 0.262 e. The molecule has 0 amide bonds. The number of carbonyl (C=O) groups is 1. The van der Waals surface area contributed by atoms with E-state index in [1.807, 2.05) is 0 Å². The van der Waals surface area contributed by atoms with Crippen molar-refractivity contribution in [2.75, 3.05) is 0 Å². The van der Waals surface area contributed by atoms with Crippen LogP contribution in [0.4, 0.5) is 13.2 Å². The molecule has 4 aromatic rings. The minimum Gasteiger partial charge on any atom is -0.307 e. The van der Waals surface area contributed by atoms with Gasteiger partial charge in [0.25, 0.3) is 5.56 Å². The Balaban J connectivity index is 1.69. The molecule has 5 nitrogen and oxygen atoms in total. The predicted octanol–water partition coefficient (Wildman–Crippen LogP) is 3.51. The number of benzene rings is 2. The largest absolute Gasteiger partial charge is 0.307 e. The molecule has 0 N–H and O–H groups in total. The Bertz CT molecular complexity index is 1320. The maximum atomic E-state index is 13.9. The van der Waals surface area contributed by atoms with E-state index in [4.69, 9.17) is 0 Å². The highest BCUT2D eigenvalue weighted by atomic mass is 19.2. The molecule has 8 heteroatoms. The first-order chi connectivity index (χ1) is 13.9. The highest BCUT2D eigenvalue weighted by Crippen LogP contribution is 2.23. The number of aromatic nitrogens is 3. The van der Waals surface area contributed by atoms with Crippen molar-refractivity contribution in [2.45, 2.75) is 19.4 Å². The number of ketones is 1. The summed E-state index contributed by atoms with van der Waals surface area (Å²) in [5.41, 5.74) is 0.488. The summed E-state index contributed by atoms with van der Waals surface area (Å²) < 4.78 is 43.8. The smallest absolute Gasteiger partial charge is 0.262 e. The summed E-state index contributed by atoms with van der Waals surface area (Å²) in [5, 5.41) is 5.09. The summed E-state index contributed by atoms with van der Waals surface area (Å²) in [4.78, 5) is 25.2. The summed E-state index contributed by atoms with van der Waals surface area (Å²) in [7, 11) is 1.69. The number of halogens is 3. The van der Waals surface area contributed by atoms with Crippen LogP contribution in [0.25, 0.3) is 21.8 Å². The van der Waals surface area contributed by atoms with Crippen molar-refractivity contribution >= 4 is 27.6 Å². The number of nitrogens with zero attached hydrogens (tertiary/aromatic N) is 3. The molecule has 0 saturated carbocycles. The van der Waals surface area contributed by atoms with Gasteiger partial charge < -0.3 is 4.57 Å². The molecule has 29 heavy (non-hydrogen) atoms. The zero-order valence-electron chi connectivity index (χ0n) is 15.5. The summed E-state index contributed by atoms with van der Waals surface area (Å²) in [6.07, 6.45) is 1.05. The molecule has 0 bridgehead atoms. The van der Waals surface area contributed by atoms with E-state index >= 15 is 0 Å². The lowest BCUT2D eigenvalue weighted by atomic mass is 10.1. The van der Waals surface area contributed by atoms with E-state index in [2.05, 4.69) is 5.10 Å². The van der Waals surface area contributed by atoms with Crippen molar-refractivity contribution < 1.29 is 18.0 Å². The van der Waals surface area contributed by atoms with Crippen LogP contribution in [0, 0.1) is 17.5 Å². The van der Waals surface area contributed by atoms with E-state index in [0.717, 1.165) is 6.07 Å². The van der Waals surface area contributed by atoms with Crippen molar-refractivity contribution in [3.8, 4) is 0 Å². The normalized spacial score (nSPS) is 11.4. The lowest BCUT2D eigenvalue weighted by molar-refractivity contribution is -0.118. The SMILES string of the molecule is Cn1ncc2c(=O)n(CCC(=O)Cc3cccc(F)c3F)c3cc(F)ccc3c21. The Hall–Kier alpha value is -3.42. The van der Waals surface area contributed by atoms with Crippen LogP contribution in [0.5, 0.6) is 0 Å². The molecule has 0 spiro atoms. The highest BCUT2D eigenvalue weighted by Gasteiger charge is 2.17. The lowest BCUT2D eigenvalue weighted by Gasteiger charge is -2.12. The van der Waals surface area contributed by atoms with Gasteiger partial charge in [-0.15, -0.1) is 0 Å². The first-order valence-electron chi connectivity index (χ1n) is 8.95. The molecule has 0 aliphatic rings. The van der Waals surface area contributed by atoms with Crippen molar-refractivity contribution in [3.05, 3.63) is 76.0 Å². The van der Waals surface area contributed by atoms with Gasteiger partial charge >= 0.3 is 0 Å². The van der Waals surface area contributed by atoms with Gasteiger partial charge in [-0.1, -0.05) is 12.1 Å². The van der Waals surface area contributed by atoms with E-state index in [1.54, 1.807) is 17.8 Å². The number of aryl methyl sites for hydroxylation is 2. The van der Waals surface area contributed by atoms with E-state index < -0.39 is 23.0 Å². The molecule has 0 unspecified atom stereocenters. The van der Waals surface area contributed by atoms with Gasteiger partial charge in [-0.05, 0) is 29.8 Å². The van der Waals surface area contributed by atoms with Crippen molar-refractivity contribution in [2.24, 2.45) is 7.05 Å². The van der Waals surface area contributed by atoms with Gasteiger partial charge in [0, 0.05) is 31.8 Å². The molecule has 4 rings (SSSR count). The van der Waals surface area contributed by atoms with Gasteiger partial charge in [-0.2, -0.15) is 5.10 Å². The summed E-state index contributed by atoms with van der Waals surface area (Å²) >= 11 is 0. The fourth-order valence-electron chi connectivity index (χ4n) is 3.54. The maximum absolute atomic E-state index is 13.9. The molecule has 148 valence electrons. The fraction of sp³-hybridized carbons (Fsp3) is 0.190. The van der Waals surface area contributed by atoms with Crippen molar-refractivity contribution in [3.63, 3.8) is 0 Å². The zero-order valence-corrected chi connectivity index (χ0v) is 15.5. The van der Waals surface area contributed by atoms with Crippen LogP contribution in [-0.4, -0.2) is 20.1 Å². The third-order valence-corrected chi connectivity index (χ3v) is 4.95. The molecule has 0 atom stereocenters. The second-order valence-electron chi connectivity index (χ2n) is 6.83. The first kappa shape index (κ1) is 18.9. The molecule has 0 aliphatic heterocycles. The number of rotatable bonds is 5. The van der Waals surface area contributed by atoms with Gasteiger partial charge in [0.15, 0.2) is 11.6 Å². The summed E-state index contributed by atoms with van der Waals surface area (Å²) in [6, 6.07) is 7.75. The van der Waals surface area contributed by atoms with Crippen LogP contribution in [0.1, 0.15) is 12.0 Å². The number of carbonyl (C=O) groups excluding carboxylic acids is 1. The second-order valence-corrected chi connectivity index (χ2v) is 6.83. The summed E-state index contributed by atoms with van der Waals surface area (Å²) in [5.74, 6) is -2.95. The fourth-order valence-corrected chi connectivity index (χ4v) is 3.54. The molecule has 0 aliphatic carbocycles. The van der Waals surface area contributed by atoms with Crippen molar-refractivity contribution in [1.82, 2.24) is 14.3 Å². The standard InChI is InChI=1S/C21H16F3N3O2/c1-26-20-15-6-5-13(22)10-18(15)27(21(29)16(20)11-25-26)8-7-14(28)9-12-3-2-4-17(23)19(12)24/h2-6,10-11H,7-9H2,1H3. The van der Waals surface area contributed by atoms with E-state index in [-0.39, 0.29) is 30.7 Å². The average Bonchev–Trinajstić information content (AvgIpc) is 3.07. The van der Waals surface area contributed by atoms with Gasteiger partial charge in [-0.3, -0.25) is 14.3 Å². The van der Waals surface area contributed by atoms with Crippen LogP contribution in [0.2, 0.25) is 0 Å². The molecule has 2 heterocycles. The Morgan fingerprint density at radius 2 is 1.90 bits per heavy atom. The van der Waals surface area contributed by atoms with Gasteiger partial charge in [0.1, 0.15) is 11.6 Å². The van der Waals surface area contributed by atoms with Crippen LogP contribution < -0.4 is 5.56 Å². The predicted molar refractivity (Wildman–Crippen MR) is 102 cm³/mol. The Kier molecular flexibility index (Phi) is 4.70. The van der Waals surface area contributed by atoms with Crippen LogP contribution >= 0.6 is 0 Å². The quantitative estimate of drug-likeness (QED) is 0.516. The van der Waals surface area contributed by atoms with Gasteiger partial charge in [0.2, 0.25) is 0 Å². The van der Waals surface area contributed by atoms with E-state index in [9.17, 15) is 22.8 Å². The number of Topliss-reactive ketones (excluding diaryl/α,β-unsaturated/α-hetero) is 1. The second kappa shape index (κ2) is 7.20. The molecule has 0 radical (unpaired) electrons. The number of hydrogen-bond acceptors (Lipinski definition) is 3. The average molecular weight is 399 g/mol. The van der Waals surface area contributed by atoms with Gasteiger partial charge in [-0.25, -0.2) is 13.2 Å². The van der Waals surface area contributed by atoms with E-state index in [1.165, 1.54) is 35.0 Å². The molecular weight excluding hydrogens is 383 g/mol. The van der Waals surface area contributed by atoms with Crippen LogP contribution in [-0.2, 0) is 24.8 Å². The zero-order chi connectivity index (χ0) is 20.7. The molecule has 0 saturated heterocycles. The Morgan fingerprint density at radius 1 is 1.10 bits per heavy atom. The minimum atomic E-state index is -1.05. The summed E-state index contributed by atoms with van der Waals surface area (Å²) in [6.45, 7) is -0.0145. The molecule has 2 aromatic carbocycles. The lowest BCUT2D eigenvalue weighted by Crippen LogP contribution is -2.23. The molecular formula is C21H16F3N3O2. The molecule has 2 aromatic heterocycles. The number of hydrogen-bond donors (Lipinski definition) is 0. The first-order valence-corrected chi connectivity index (χ1v) is 8.95. The molecule has 0 fully saturated rings. The van der Waals surface area contributed by atoms with Crippen LogP contribution in [0.15, 0.2) is 47.4 Å². The number of pyridine rings is 1. The van der Waals surface area contributed by atoms with Crippen molar-refractivity contribution in [1.29, 1.82) is 0 Å². The van der Waals surface area contributed by atoms with Crippen LogP contribution in [0.3, 0.4) is 0 Å². The van der Waals surface area contributed by atoms with Gasteiger partial charge in [0.05, 0.1) is 22.6 Å².